The number of halogens is 5. The molecule has 0 saturated carbocycles. The quantitative estimate of drug-likeness (QED) is 0.523. The van der Waals surface area contributed by atoms with Crippen LogP contribution in [0.4, 0.5) is 28.9 Å². The van der Waals surface area contributed by atoms with Crippen LogP contribution >= 0.6 is 11.6 Å². The van der Waals surface area contributed by atoms with Crippen molar-refractivity contribution in [3.63, 3.8) is 0 Å². The van der Waals surface area contributed by atoms with E-state index in [1.54, 1.807) is 29.2 Å². The van der Waals surface area contributed by atoms with Crippen LogP contribution in [0.2, 0.25) is 5.02 Å². The number of nitrogens with zero attached hydrogens (tertiary/aromatic N) is 3. The van der Waals surface area contributed by atoms with Crippen molar-refractivity contribution in [1.82, 2.24) is 9.80 Å². The Labute approximate surface area is 212 Å². The second kappa shape index (κ2) is 11.3. The second-order valence-electron chi connectivity index (χ2n) is 9.30. The van der Waals surface area contributed by atoms with Gasteiger partial charge in [-0.1, -0.05) is 17.7 Å². The third kappa shape index (κ3) is 7.09. The van der Waals surface area contributed by atoms with Gasteiger partial charge in [0.05, 0.1) is 29.5 Å². The fraction of sp³-hybridized carbons (Fsp3) is 0.480. The van der Waals surface area contributed by atoms with Crippen molar-refractivity contribution in [2.75, 3.05) is 56.0 Å². The highest BCUT2D eigenvalue weighted by Crippen LogP contribution is 2.31. The number of anilines is 2. The third-order valence-corrected chi connectivity index (χ3v) is 6.80. The van der Waals surface area contributed by atoms with Gasteiger partial charge in [-0.3, -0.25) is 14.6 Å². The van der Waals surface area contributed by atoms with Crippen molar-refractivity contribution in [3.8, 4) is 0 Å². The van der Waals surface area contributed by atoms with Gasteiger partial charge in [0.2, 0.25) is 0 Å². The molecule has 2 heterocycles. The van der Waals surface area contributed by atoms with Crippen LogP contribution in [0.3, 0.4) is 0 Å². The molecule has 1 amide bonds. The number of rotatable bonds is 7. The van der Waals surface area contributed by atoms with Crippen LogP contribution in [0.1, 0.15) is 28.8 Å². The van der Waals surface area contributed by atoms with E-state index in [0.717, 1.165) is 6.54 Å². The predicted octanol–water partition coefficient (Wildman–Crippen LogP) is 4.37. The minimum atomic E-state index is -4.19. The van der Waals surface area contributed by atoms with Gasteiger partial charge in [-0.15, -0.1) is 0 Å². The first-order valence-corrected chi connectivity index (χ1v) is 12.3. The predicted molar refractivity (Wildman–Crippen MR) is 131 cm³/mol. The van der Waals surface area contributed by atoms with Gasteiger partial charge in [-0.05, 0) is 42.3 Å². The molecular formula is C25H29ClF4N4O2. The van der Waals surface area contributed by atoms with Crippen LogP contribution in [-0.2, 0) is 6.54 Å². The summed E-state index contributed by atoms with van der Waals surface area (Å²) in [7, 11) is 0. The van der Waals surface area contributed by atoms with E-state index in [1.165, 1.54) is 12.1 Å². The summed E-state index contributed by atoms with van der Waals surface area (Å²) in [4.78, 5) is 18.7. The van der Waals surface area contributed by atoms with Crippen molar-refractivity contribution in [2.24, 2.45) is 0 Å². The van der Waals surface area contributed by atoms with E-state index in [1.807, 2.05) is 9.80 Å². The van der Waals surface area contributed by atoms with Crippen LogP contribution in [0, 0.1) is 5.82 Å². The molecule has 11 heteroatoms. The number of amides is 1. The lowest BCUT2D eigenvalue weighted by Gasteiger charge is -2.37. The Morgan fingerprint density at radius 3 is 2.44 bits per heavy atom. The fourth-order valence-corrected chi connectivity index (χ4v) is 4.78. The molecule has 1 unspecified atom stereocenters. The van der Waals surface area contributed by atoms with Gasteiger partial charge in [-0.25, -0.2) is 4.39 Å². The van der Waals surface area contributed by atoms with E-state index in [2.05, 4.69) is 5.32 Å². The number of likely N-dealkylation sites (tertiary alicyclic amines) is 1. The zero-order valence-corrected chi connectivity index (χ0v) is 20.5. The number of nitrogens with one attached hydrogen (secondary N) is 1. The van der Waals surface area contributed by atoms with Gasteiger partial charge >= 0.3 is 6.18 Å². The topological polar surface area (TPSA) is 59.1 Å². The summed E-state index contributed by atoms with van der Waals surface area (Å²) < 4.78 is 52.4. The molecule has 2 N–H and O–H groups in total. The lowest BCUT2D eigenvalue weighted by atomic mass is 10.1. The molecule has 36 heavy (non-hydrogen) atoms. The third-order valence-electron chi connectivity index (χ3n) is 6.56. The van der Waals surface area contributed by atoms with E-state index in [-0.39, 0.29) is 18.2 Å². The minimum absolute atomic E-state index is 0.0515. The maximum atomic E-state index is 14.8. The monoisotopic (exact) mass is 528 g/mol. The number of aliphatic hydroxyl groups is 1. The average Bonchev–Trinajstić information content (AvgIpc) is 3.23. The molecule has 2 aromatic carbocycles. The molecule has 0 spiro atoms. The van der Waals surface area contributed by atoms with Crippen LogP contribution < -0.4 is 10.2 Å². The molecule has 2 aromatic rings. The Balaban J connectivity index is 1.41. The maximum absolute atomic E-state index is 14.8. The zero-order chi connectivity index (χ0) is 25.9. The Morgan fingerprint density at radius 1 is 1.06 bits per heavy atom. The summed E-state index contributed by atoms with van der Waals surface area (Å²) in [6.45, 7) is 3.54. The first-order chi connectivity index (χ1) is 17.1. The molecule has 196 valence electrons. The lowest BCUT2D eigenvalue weighted by Crippen LogP contribution is -2.47. The van der Waals surface area contributed by atoms with Crippen molar-refractivity contribution >= 4 is 28.9 Å². The van der Waals surface area contributed by atoms with Gasteiger partial charge in [0.1, 0.15) is 5.82 Å². The summed E-state index contributed by atoms with van der Waals surface area (Å²) in [5.41, 5.74) is 1.70. The molecule has 2 fully saturated rings. The lowest BCUT2D eigenvalue weighted by molar-refractivity contribution is -0.138. The summed E-state index contributed by atoms with van der Waals surface area (Å²) in [6, 6.07) is 9.42. The highest BCUT2D eigenvalue weighted by Gasteiger charge is 2.29. The highest BCUT2D eigenvalue weighted by molar-refractivity contribution is 6.31. The van der Waals surface area contributed by atoms with Crippen molar-refractivity contribution in [3.05, 3.63) is 58.4 Å². The number of β-amino-alcohol motifs (C(OH)–C–C–N with tert-alkyl or cyclic N) is 1. The molecule has 0 aliphatic carbocycles. The number of carbonyl (C=O) groups excluding carboxylic acids is 1. The fourth-order valence-electron chi connectivity index (χ4n) is 4.61. The number of aliphatic hydroxyl groups excluding tert-OH is 1. The van der Waals surface area contributed by atoms with Crippen LogP contribution in [0.25, 0.3) is 0 Å². The first kappa shape index (κ1) is 26.7. The number of alkyl halides is 3. The van der Waals surface area contributed by atoms with E-state index >= 15 is 0 Å². The summed E-state index contributed by atoms with van der Waals surface area (Å²) >= 11 is 6.19. The van der Waals surface area contributed by atoms with Gasteiger partial charge in [0.25, 0.3) is 5.91 Å². The average molecular weight is 529 g/mol. The normalized spacial score (nSPS) is 19.6. The Hall–Kier alpha value is -2.40. The van der Waals surface area contributed by atoms with Crippen LogP contribution in [0.15, 0.2) is 36.4 Å². The number of hydrogen-bond acceptors (Lipinski definition) is 5. The molecule has 2 aliphatic heterocycles. The number of piperazine rings is 1. The maximum Gasteiger partial charge on any atom is 0.390 e. The Kier molecular flexibility index (Phi) is 8.39. The molecule has 0 radical (unpaired) electrons. The van der Waals surface area contributed by atoms with E-state index in [4.69, 9.17) is 11.6 Å². The van der Waals surface area contributed by atoms with Crippen molar-refractivity contribution in [1.29, 1.82) is 0 Å². The summed E-state index contributed by atoms with van der Waals surface area (Å²) in [5.74, 6) is -1.25. The van der Waals surface area contributed by atoms with Crippen molar-refractivity contribution in [2.45, 2.75) is 31.7 Å². The van der Waals surface area contributed by atoms with Gasteiger partial charge in [0, 0.05) is 57.4 Å². The summed E-state index contributed by atoms with van der Waals surface area (Å²) in [6.07, 6.45) is -4.72. The van der Waals surface area contributed by atoms with E-state index in [9.17, 15) is 27.5 Å². The van der Waals surface area contributed by atoms with E-state index in [0.29, 0.717) is 67.7 Å². The molecule has 1 atom stereocenters. The molecule has 0 aromatic heterocycles. The second-order valence-corrected chi connectivity index (χ2v) is 9.74. The molecule has 6 nitrogen and oxygen atoms in total. The van der Waals surface area contributed by atoms with Gasteiger partial charge < -0.3 is 15.3 Å². The minimum Gasteiger partial charge on any atom is -0.392 e. The summed E-state index contributed by atoms with van der Waals surface area (Å²) in [5, 5.41) is 12.9. The standard InChI is InChI=1S/C25H29ClF4N4O2/c26-18-2-4-22(23(14-18)34-11-9-32(10-12-34)8-6-25(28,29)30)31-24(36)20-3-1-17(13-21(20)27)15-33-7-5-19(35)16-33/h1-4,13-14,19,35H,5-12,15-16H2,(H,31,36). The highest BCUT2D eigenvalue weighted by atomic mass is 35.5. The van der Waals surface area contributed by atoms with Gasteiger partial charge in [-0.2, -0.15) is 13.2 Å². The number of carbonyl (C=O) groups is 1. The number of hydrogen-bond donors (Lipinski definition) is 2. The van der Waals surface area contributed by atoms with Crippen LogP contribution in [0.5, 0.6) is 0 Å². The molecule has 2 saturated heterocycles. The number of benzene rings is 2. The Morgan fingerprint density at radius 2 is 1.81 bits per heavy atom. The Bertz CT molecular complexity index is 1080. The van der Waals surface area contributed by atoms with Crippen LogP contribution in [-0.4, -0.2) is 78.9 Å². The first-order valence-electron chi connectivity index (χ1n) is 11.9. The molecule has 2 aliphatic rings. The van der Waals surface area contributed by atoms with Crippen molar-refractivity contribution < 1.29 is 27.5 Å². The SMILES string of the molecule is O=C(Nc1ccc(Cl)cc1N1CCN(CCC(F)(F)F)CC1)c1ccc(CN2CCC(O)C2)cc1F. The largest absolute Gasteiger partial charge is 0.392 e. The van der Waals surface area contributed by atoms with E-state index < -0.39 is 24.3 Å². The smallest absolute Gasteiger partial charge is 0.390 e. The molecule has 4 rings (SSSR count). The molecular weight excluding hydrogens is 500 g/mol. The zero-order valence-electron chi connectivity index (χ0n) is 19.7. The van der Waals surface area contributed by atoms with Gasteiger partial charge in [0.15, 0.2) is 0 Å². The molecule has 0 bridgehead atoms.